The molecule has 2 N–H and O–H groups in total. The minimum Gasteiger partial charge on any atom is -0.391 e. The fourth-order valence-corrected chi connectivity index (χ4v) is 2.14. The molecule has 0 aliphatic carbocycles. The van der Waals surface area contributed by atoms with E-state index in [1.807, 2.05) is 20.8 Å². The van der Waals surface area contributed by atoms with E-state index in [1.54, 1.807) is 4.57 Å². The standard InChI is InChI=1S/C14H23N3O4/c1-4-5-16-9-11(17(20)21)7-13(16)14(19)15-8-12(18)6-10(2)3/h7,9-10,12,18H,4-6,8H2,1-3H3,(H,15,19). The molecule has 118 valence electrons. The molecule has 0 radical (unpaired) electrons. The molecule has 7 nitrogen and oxygen atoms in total. The molecule has 0 aliphatic rings. The van der Waals surface area contributed by atoms with E-state index in [-0.39, 0.29) is 17.9 Å². The van der Waals surface area contributed by atoms with E-state index < -0.39 is 16.9 Å². The highest BCUT2D eigenvalue weighted by molar-refractivity contribution is 5.93. The van der Waals surface area contributed by atoms with Crippen molar-refractivity contribution in [3.8, 4) is 0 Å². The molecule has 21 heavy (non-hydrogen) atoms. The molecule has 1 rings (SSSR count). The van der Waals surface area contributed by atoms with Crippen molar-refractivity contribution in [2.24, 2.45) is 5.92 Å². The fourth-order valence-electron chi connectivity index (χ4n) is 2.14. The molecule has 1 aromatic rings. The van der Waals surface area contributed by atoms with Crippen LogP contribution in [-0.2, 0) is 6.54 Å². The third kappa shape index (κ3) is 5.18. The first-order valence-corrected chi connectivity index (χ1v) is 7.16. The van der Waals surface area contributed by atoms with E-state index in [0.717, 1.165) is 6.42 Å². The van der Waals surface area contributed by atoms with Gasteiger partial charge in [0.25, 0.3) is 11.6 Å². The Balaban J connectivity index is 2.74. The first kappa shape index (κ1) is 17.2. The highest BCUT2D eigenvalue weighted by atomic mass is 16.6. The van der Waals surface area contributed by atoms with Crippen LogP contribution in [0.5, 0.6) is 0 Å². The number of rotatable bonds is 8. The number of aliphatic hydroxyl groups excluding tert-OH is 1. The van der Waals surface area contributed by atoms with Gasteiger partial charge in [-0.2, -0.15) is 0 Å². The largest absolute Gasteiger partial charge is 0.391 e. The number of nitrogens with one attached hydrogen (secondary N) is 1. The molecular weight excluding hydrogens is 274 g/mol. The molecular formula is C14H23N3O4. The van der Waals surface area contributed by atoms with Gasteiger partial charge in [0.05, 0.1) is 17.2 Å². The van der Waals surface area contributed by atoms with Crippen LogP contribution in [0.1, 0.15) is 44.1 Å². The number of nitro groups is 1. The Kier molecular flexibility index (Phi) is 6.36. The molecule has 7 heteroatoms. The summed E-state index contributed by atoms with van der Waals surface area (Å²) in [5.74, 6) is -0.0682. The van der Waals surface area contributed by atoms with Crippen LogP contribution in [0.3, 0.4) is 0 Å². The Morgan fingerprint density at radius 1 is 1.52 bits per heavy atom. The van der Waals surface area contributed by atoms with Gasteiger partial charge in [0.15, 0.2) is 0 Å². The molecule has 0 spiro atoms. The number of amides is 1. The van der Waals surface area contributed by atoms with Gasteiger partial charge in [-0.1, -0.05) is 20.8 Å². The predicted octanol–water partition coefficient (Wildman–Crippen LogP) is 1.94. The highest BCUT2D eigenvalue weighted by Gasteiger charge is 2.19. The van der Waals surface area contributed by atoms with E-state index in [1.165, 1.54) is 12.3 Å². The van der Waals surface area contributed by atoms with Crippen molar-refractivity contribution in [2.45, 2.75) is 46.3 Å². The minimum absolute atomic E-state index is 0.101. The number of hydrogen-bond donors (Lipinski definition) is 2. The molecule has 1 amide bonds. The molecule has 0 aliphatic heterocycles. The first-order valence-electron chi connectivity index (χ1n) is 7.16. The molecule has 0 saturated heterocycles. The second-order valence-corrected chi connectivity index (χ2v) is 5.53. The maximum atomic E-state index is 12.1. The molecule has 1 unspecified atom stereocenters. The molecule has 0 bridgehead atoms. The Morgan fingerprint density at radius 3 is 2.71 bits per heavy atom. The smallest absolute Gasteiger partial charge is 0.287 e. The normalized spacial score (nSPS) is 12.4. The Bertz CT molecular complexity index is 496. The summed E-state index contributed by atoms with van der Waals surface area (Å²) in [6, 6.07) is 1.26. The Hall–Kier alpha value is -1.89. The minimum atomic E-state index is -0.612. The number of nitrogens with zero attached hydrogens (tertiary/aromatic N) is 2. The molecule has 1 heterocycles. The number of carbonyl (C=O) groups excluding carboxylic acids is 1. The lowest BCUT2D eigenvalue weighted by Gasteiger charge is -2.14. The van der Waals surface area contributed by atoms with Crippen LogP contribution in [0.4, 0.5) is 5.69 Å². The maximum Gasteiger partial charge on any atom is 0.287 e. The van der Waals surface area contributed by atoms with Gasteiger partial charge in [-0.05, 0) is 18.8 Å². The lowest BCUT2D eigenvalue weighted by Crippen LogP contribution is -2.33. The van der Waals surface area contributed by atoms with Gasteiger partial charge < -0.3 is 15.0 Å². The number of hydrogen-bond acceptors (Lipinski definition) is 4. The number of aryl methyl sites for hydroxylation is 1. The monoisotopic (exact) mass is 297 g/mol. The average Bonchev–Trinajstić information content (AvgIpc) is 2.80. The zero-order valence-corrected chi connectivity index (χ0v) is 12.7. The summed E-state index contributed by atoms with van der Waals surface area (Å²) in [5.41, 5.74) is 0.150. The number of aromatic nitrogens is 1. The van der Waals surface area contributed by atoms with Crippen LogP contribution in [-0.4, -0.2) is 33.2 Å². The third-order valence-electron chi connectivity index (χ3n) is 3.03. The van der Waals surface area contributed by atoms with Gasteiger partial charge >= 0.3 is 0 Å². The van der Waals surface area contributed by atoms with Crippen molar-refractivity contribution >= 4 is 11.6 Å². The van der Waals surface area contributed by atoms with E-state index >= 15 is 0 Å². The zero-order valence-electron chi connectivity index (χ0n) is 12.7. The maximum absolute atomic E-state index is 12.1. The van der Waals surface area contributed by atoms with Crippen molar-refractivity contribution in [3.05, 3.63) is 28.1 Å². The number of aliphatic hydroxyl groups is 1. The Labute approximate surface area is 124 Å². The lowest BCUT2D eigenvalue weighted by molar-refractivity contribution is -0.384. The highest BCUT2D eigenvalue weighted by Crippen LogP contribution is 2.17. The van der Waals surface area contributed by atoms with Gasteiger partial charge in [-0.25, -0.2) is 0 Å². The van der Waals surface area contributed by atoms with E-state index in [9.17, 15) is 20.0 Å². The summed E-state index contributed by atoms with van der Waals surface area (Å²) in [6.45, 7) is 6.58. The Morgan fingerprint density at radius 2 is 2.19 bits per heavy atom. The number of carbonyl (C=O) groups is 1. The van der Waals surface area contributed by atoms with Crippen molar-refractivity contribution in [1.29, 1.82) is 0 Å². The van der Waals surface area contributed by atoms with Crippen molar-refractivity contribution < 1.29 is 14.8 Å². The van der Waals surface area contributed by atoms with Crippen LogP contribution in [0.2, 0.25) is 0 Å². The van der Waals surface area contributed by atoms with Gasteiger partial charge in [-0.15, -0.1) is 0 Å². The van der Waals surface area contributed by atoms with Gasteiger partial charge in [0.2, 0.25) is 0 Å². The van der Waals surface area contributed by atoms with Crippen molar-refractivity contribution in [3.63, 3.8) is 0 Å². The van der Waals surface area contributed by atoms with Gasteiger partial charge in [-0.3, -0.25) is 14.9 Å². The summed E-state index contributed by atoms with van der Waals surface area (Å²) >= 11 is 0. The fraction of sp³-hybridized carbons (Fsp3) is 0.643. The second kappa shape index (κ2) is 7.78. The van der Waals surface area contributed by atoms with Crippen LogP contribution in [0.25, 0.3) is 0 Å². The summed E-state index contributed by atoms with van der Waals surface area (Å²) in [7, 11) is 0. The molecule has 1 atom stereocenters. The molecule has 0 aromatic carbocycles. The van der Waals surface area contributed by atoms with E-state index in [0.29, 0.717) is 18.9 Å². The average molecular weight is 297 g/mol. The van der Waals surface area contributed by atoms with Crippen LogP contribution in [0.15, 0.2) is 12.3 Å². The summed E-state index contributed by atoms with van der Waals surface area (Å²) in [4.78, 5) is 22.4. The van der Waals surface area contributed by atoms with E-state index in [4.69, 9.17) is 0 Å². The summed E-state index contributed by atoms with van der Waals surface area (Å²) in [5, 5.41) is 23.2. The third-order valence-corrected chi connectivity index (χ3v) is 3.03. The molecule has 1 aromatic heterocycles. The summed E-state index contributed by atoms with van der Waals surface area (Å²) < 4.78 is 1.57. The topological polar surface area (TPSA) is 97.4 Å². The molecule has 0 saturated carbocycles. The van der Waals surface area contributed by atoms with Crippen LogP contribution >= 0.6 is 0 Å². The van der Waals surface area contributed by atoms with E-state index in [2.05, 4.69) is 5.32 Å². The van der Waals surface area contributed by atoms with Crippen LogP contribution in [0, 0.1) is 16.0 Å². The quantitative estimate of drug-likeness (QED) is 0.566. The zero-order chi connectivity index (χ0) is 16.0. The second-order valence-electron chi connectivity index (χ2n) is 5.53. The van der Waals surface area contributed by atoms with Crippen LogP contribution < -0.4 is 5.32 Å². The van der Waals surface area contributed by atoms with Crippen molar-refractivity contribution in [1.82, 2.24) is 9.88 Å². The van der Waals surface area contributed by atoms with Crippen molar-refractivity contribution in [2.75, 3.05) is 6.54 Å². The van der Waals surface area contributed by atoms with Gasteiger partial charge in [0, 0.05) is 19.2 Å². The van der Waals surface area contributed by atoms with Gasteiger partial charge in [0.1, 0.15) is 5.69 Å². The predicted molar refractivity (Wildman–Crippen MR) is 79.2 cm³/mol. The lowest BCUT2D eigenvalue weighted by atomic mass is 10.1. The SMILES string of the molecule is CCCn1cc([N+](=O)[O-])cc1C(=O)NCC(O)CC(C)C. The summed E-state index contributed by atoms with van der Waals surface area (Å²) in [6.07, 6.45) is 2.11. The molecule has 0 fully saturated rings. The first-order chi connectivity index (χ1) is 9.85.